The molecule has 1 aromatic carbocycles. The molecule has 1 aromatic rings. The first-order chi connectivity index (χ1) is 11.5. The maximum atomic E-state index is 12.5. The highest BCUT2D eigenvalue weighted by atomic mass is 32.3. The van der Waals surface area contributed by atoms with Crippen LogP contribution in [0.5, 0.6) is 5.75 Å². The van der Waals surface area contributed by atoms with E-state index in [-0.39, 0.29) is 17.8 Å². The third-order valence-electron chi connectivity index (χ3n) is 3.81. The largest absolute Gasteiger partial charge is 0.488 e. The number of hydrogen-bond acceptors (Lipinski definition) is 5. The van der Waals surface area contributed by atoms with Crippen molar-refractivity contribution in [2.45, 2.75) is 45.6 Å². The lowest BCUT2D eigenvalue weighted by Crippen LogP contribution is -2.43. The van der Waals surface area contributed by atoms with Crippen molar-refractivity contribution in [3.05, 3.63) is 29.8 Å². The molecule has 140 valence electrons. The van der Waals surface area contributed by atoms with Crippen LogP contribution in [0.2, 0.25) is 0 Å². The summed E-state index contributed by atoms with van der Waals surface area (Å²) in [7, 11) is -5.01. The Balaban J connectivity index is 1.93. The zero-order chi connectivity index (χ0) is 18.7. The molecule has 25 heavy (non-hydrogen) atoms. The van der Waals surface area contributed by atoms with E-state index in [0.717, 1.165) is 24.8 Å². The Morgan fingerprint density at radius 2 is 1.92 bits per heavy atom. The second kappa shape index (κ2) is 7.59. The van der Waals surface area contributed by atoms with Crippen LogP contribution >= 0.6 is 0 Å². The van der Waals surface area contributed by atoms with Crippen LogP contribution in [0.3, 0.4) is 0 Å². The molecule has 1 atom stereocenters. The van der Waals surface area contributed by atoms with Gasteiger partial charge in [0.25, 0.3) is 0 Å². The van der Waals surface area contributed by atoms with Crippen LogP contribution in [0.15, 0.2) is 24.3 Å². The van der Waals surface area contributed by atoms with Crippen molar-refractivity contribution in [1.82, 2.24) is 4.90 Å². The Hall–Kier alpha value is -1.83. The molecule has 8 heteroatoms. The van der Waals surface area contributed by atoms with Gasteiger partial charge in [-0.25, -0.2) is 4.79 Å². The standard InChI is InChI=1S/C17H24FNO5S/c1-17(2,3)23-16(20)19-10-4-5-14(12-19)11-13-6-8-15(9-7-13)24-25(18,21)22/h6-9,14H,4-5,10-12H2,1-3H3. The average Bonchev–Trinajstić information content (AvgIpc) is 2.46. The molecular formula is C17H24FNO5S. The van der Waals surface area contributed by atoms with Crippen LogP contribution in [0.25, 0.3) is 0 Å². The number of piperidine rings is 1. The molecule has 0 N–H and O–H groups in total. The smallest absolute Gasteiger partial charge is 0.444 e. The van der Waals surface area contributed by atoms with Crippen LogP contribution in [0, 0.1) is 5.92 Å². The molecule has 0 aliphatic carbocycles. The van der Waals surface area contributed by atoms with Gasteiger partial charge in [-0.15, -0.1) is 0 Å². The Labute approximate surface area is 148 Å². The topological polar surface area (TPSA) is 72.9 Å². The minimum Gasteiger partial charge on any atom is -0.444 e. The summed E-state index contributed by atoms with van der Waals surface area (Å²) >= 11 is 0. The highest BCUT2D eigenvalue weighted by Crippen LogP contribution is 2.24. The molecule has 1 unspecified atom stereocenters. The summed E-state index contributed by atoms with van der Waals surface area (Å²) in [6, 6.07) is 6.24. The zero-order valence-corrected chi connectivity index (χ0v) is 15.5. The lowest BCUT2D eigenvalue weighted by atomic mass is 9.91. The van der Waals surface area contributed by atoms with Gasteiger partial charge in [-0.1, -0.05) is 16.0 Å². The molecule has 0 saturated carbocycles. The van der Waals surface area contributed by atoms with Gasteiger partial charge < -0.3 is 13.8 Å². The summed E-state index contributed by atoms with van der Waals surface area (Å²) in [5.41, 5.74) is 0.455. The number of halogens is 1. The molecular weight excluding hydrogens is 349 g/mol. The summed E-state index contributed by atoms with van der Waals surface area (Å²) < 4.78 is 43.0. The molecule has 1 aliphatic rings. The fraction of sp³-hybridized carbons (Fsp3) is 0.588. The molecule has 1 saturated heterocycles. The van der Waals surface area contributed by atoms with Crippen LogP contribution < -0.4 is 4.18 Å². The van der Waals surface area contributed by atoms with Crippen molar-refractivity contribution in [2.24, 2.45) is 5.92 Å². The maximum absolute atomic E-state index is 12.5. The van der Waals surface area contributed by atoms with Crippen molar-refractivity contribution in [3.63, 3.8) is 0 Å². The molecule has 0 radical (unpaired) electrons. The summed E-state index contributed by atoms with van der Waals surface area (Å²) in [6.45, 7) is 6.83. The van der Waals surface area contributed by atoms with Crippen LogP contribution in [-0.4, -0.2) is 38.1 Å². The van der Waals surface area contributed by atoms with Gasteiger partial charge in [0.1, 0.15) is 11.4 Å². The van der Waals surface area contributed by atoms with Crippen molar-refractivity contribution in [2.75, 3.05) is 13.1 Å². The second-order valence-electron chi connectivity index (χ2n) is 7.26. The number of amides is 1. The molecule has 1 aliphatic heterocycles. The number of carbonyl (C=O) groups excluding carboxylic acids is 1. The van der Waals surface area contributed by atoms with Gasteiger partial charge in [0, 0.05) is 13.1 Å². The van der Waals surface area contributed by atoms with Crippen LogP contribution in [0.1, 0.15) is 39.2 Å². The Kier molecular flexibility index (Phi) is 5.92. The monoisotopic (exact) mass is 373 g/mol. The van der Waals surface area contributed by atoms with Crippen molar-refractivity contribution >= 4 is 16.6 Å². The predicted octanol–water partition coefficient (Wildman–Crippen LogP) is 3.47. The normalized spacial score (nSPS) is 18.7. The molecule has 6 nitrogen and oxygen atoms in total. The third kappa shape index (κ3) is 6.89. The van der Waals surface area contributed by atoms with Crippen molar-refractivity contribution in [1.29, 1.82) is 0 Å². The van der Waals surface area contributed by atoms with E-state index in [1.165, 1.54) is 12.1 Å². The number of rotatable bonds is 4. The SMILES string of the molecule is CC(C)(C)OC(=O)N1CCCC(Cc2ccc(OS(=O)(=O)F)cc2)C1. The Morgan fingerprint density at radius 3 is 2.48 bits per heavy atom. The van der Waals surface area contributed by atoms with Gasteiger partial charge in [0.05, 0.1) is 0 Å². The summed E-state index contributed by atoms with van der Waals surface area (Å²) in [6.07, 6.45) is 2.35. The van der Waals surface area contributed by atoms with Gasteiger partial charge in [-0.3, -0.25) is 0 Å². The zero-order valence-electron chi connectivity index (χ0n) is 14.7. The summed E-state index contributed by atoms with van der Waals surface area (Å²) in [5, 5.41) is 0. The van der Waals surface area contributed by atoms with Crippen LogP contribution in [-0.2, 0) is 21.7 Å². The van der Waals surface area contributed by atoms with E-state index in [1.54, 1.807) is 17.0 Å². The maximum Gasteiger partial charge on any atom is 0.488 e. The van der Waals surface area contributed by atoms with Gasteiger partial charge in [0.2, 0.25) is 0 Å². The predicted molar refractivity (Wildman–Crippen MR) is 91.3 cm³/mol. The number of likely N-dealkylation sites (tertiary alicyclic amines) is 1. The van der Waals surface area contributed by atoms with E-state index in [9.17, 15) is 17.1 Å². The molecule has 0 aromatic heterocycles. The highest BCUT2D eigenvalue weighted by Gasteiger charge is 2.27. The quantitative estimate of drug-likeness (QED) is 0.756. The molecule has 1 fully saturated rings. The highest BCUT2D eigenvalue weighted by molar-refractivity contribution is 7.81. The minimum absolute atomic E-state index is 0.0646. The van der Waals surface area contributed by atoms with E-state index in [1.807, 2.05) is 20.8 Å². The first-order valence-corrected chi connectivity index (χ1v) is 9.54. The molecule has 2 rings (SSSR count). The lowest BCUT2D eigenvalue weighted by molar-refractivity contribution is 0.0166. The summed E-state index contributed by atoms with van der Waals surface area (Å²) in [5.74, 6) is 0.225. The second-order valence-corrected chi connectivity index (χ2v) is 8.21. The van der Waals surface area contributed by atoms with E-state index < -0.39 is 16.1 Å². The number of hydrogen-bond donors (Lipinski definition) is 0. The molecule has 1 amide bonds. The van der Waals surface area contributed by atoms with Gasteiger partial charge >= 0.3 is 16.6 Å². The first kappa shape index (κ1) is 19.5. The fourth-order valence-electron chi connectivity index (χ4n) is 2.85. The fourth-order valence-corrected chi connectivity index (χ4v) is 3.19. The Bertz CT molecular complexity index is 697. The molecule has 0 bridgehead atoms. The van der Waals surface area contributed by atoms with Crippen molar-refractivity contribution < 1.29 is 26.0 Å². The van der Waals surface area contributed by atoms with Gasteiger partial charge in [-0.2, -0.15) is 8.42 Å². The van der Waals surface area contributed by atoms with E-state index >= 15 is 0 Å². The van der Waals surface area contributed by atoms with E-state index in [2.05, 4.69) is 4.18 Å². The van der Waals surface area contributed by atoms with Crippen molar-refractivity contribution in [3.8, 4) is 5.75 Å². The van der Waals surface area contributed by atoms with E-state index in [0.29, 0.717) is 13.1 Å². The van der Waals surface area contributed by atoms with Crippen LogP contribution in [0.4, 0.5) is 8.68 Å². The summed E-state index contributed by atoms with van der Waals surface area (Å²) in [4.78, 5) is 13.9. The number of carbonyl (C=O) groups is 1. The van der Waals surface area contributed by atoms with E-state index in [4.69, 9.17) is 4.74 Å². The molecule has 0 spiro atoms. The van der Waals surface area contributed by atoms with Gasteiger partial charge in [-0.05, 0) is 63.6 Å². The average molecular weight is 373 g/mol. The number of nitrogens with zero attached hydrogens (tertiary/aromatic N) is 1. The lowest BCUT2D eigenvalue weighted by Gasteiger charge is -2.34. The number of benzene rings is 1. The van der Waals surface area contributed by atoms with Gasteiger partial charge in [0.15, 0.2) is 0 Å². The Morgan fingerprint density at radius 1 is 1.28 bits per heavy atom. The number of ether oxygens (including phenoxy) is 1. The molecule has 1 heterocycles. The first-order valence-electron chi connectivity index (χ1n) is 8.23. The third-order valence-corrected chi connectivity index (χ3v) is 4.21. The minimum atomic E-state index is -5.01.